The third kappa shape index (κ3) is 4.66. The summed E-state index contributed by atoms with van der Waals surface area (Å²) in [6.07, 6.45) is 0. The van der Waals surface area contributed by atoms with Crippen molar-refractivity contribution in [1.82, 2.24) is 0 Å². The highest BCUT2D eigenvalue weighted by atomic mass is 32.2. The summed E-state index contributed by atoms with van der Waals surface area (Å²) in [6.45, 7) is 5.33. The van der Waals surface area contributed by atoms with Crippen molar-refractivity contribution in [3.05, 3.63) is 54.1 Å². The predicted molar refractivity (Wildman–Crippen MR) is 102 cm³/mol. The fourth-order valence-electron chi connectivity index (χ4n) is 2.58. The lowest BCUT2D eigenvalue weighted by Crippen LogP contribution is -2.39. The molecule has 0 fully saturated rings. The molecule has 2 aromatic carbocycles. The summed E-state index contributed by atoms with van der Waals surface area (Å²) in [7, 11) is -12.5. The molecule has 0 radical (unpaired) electrons. The number of alkyl halides is 6. The number of rotatable bonds is 4. The molecule has 0 aliphatic heterocycles. The van der Waals surface area contributed by atoms with E-state index in [1.165, 1.54) is 12.1 Å². The summed E-state index contributed by atoms with van der Waals surface area (Å²) in [5, 5.41) is 0. The van der Waals surface area contributed by atoms with E-state index < -0.39 is 56.9 Å². The first-order valence-electron chi connectivity index (χ1n) is 8.44. The van der Waals surface area contributed by atoms with Crippen LogP contribution < -0.4 is 4.31 Å². The summed E-state index contributed by atoms with van der Waals surface area (Å²) in [5.74, 6) is 0. The molecule has 0 N–H and O–H groups in total. The molecule has 0 amide bonds. The predicted octanol–water partition coefficient (Wildman–Crippen LogP) is 5.27. The molecule has 0 spiro atoms. The summed E-state index contributed by atoms with van der Waals surface area (Å²) in [6, 6.07) is 7.22. The van der Waals surface area contributed by atoms with Gasteiger partial charge in [0.25, 0.3) is 9.84 Å². The van der Waals surface area contributed by atoms with Crippen LogP contribution in [0.3, 0.4) is 0 Å². The summed E-state index contributed by atoms with van der Waals surface area (Å²) < 4.78 is 127. The highest BCUT2D eigenvalue weighted by molar-refractivity contribution is 7.94. The zero-order chi connectivity index (χ0) is 24.0. The van der Waals surface area contributed by atoms with Gasteiger partial charge in [0.2, 0.25) is 0 Å². The van der Waals surface area contributed by atoms with Crippen molar-refractivity contribution in [1.29, 1.82) is 0 Å². The molecule has 0 atom stereocenters. The minimum atomic E-state index is -6.32. The zero-order valence-corrected chi connectivity index (χ0v) is 17.9. The number of sulfone groups is 1. The van der Waals surface area contributed by atoms with E-state index in [2.05, 4.69) is 0 Å². The topological polar surface area (TPSA) is 71.5 Å². The molecular formula is C18H17F6NO4S2. The van der Waals surface area contributed by atoms with Crippen LogP contribution in [-0.2, 0) is 25.3 Å². The number of hydrogen-bond donors (Lipinski definition) is 0. The third-order valence-corrected chi connectivity index (χ3v) is 7.19. The Morgan fingerprint density at radius 1 is 0.710 bits per heavy atom. The number of halogens is 6. The van der Waals surface area contributed by atoms with Crippen molar-refractivity contribution in [3.8, 4) is 0 Å². The average Bonchev–Trinajstić information content (AvgIpc) is 2.60. The van der Waals surface area contributed by atoms with E-state index in [9.17, 15) is 43.2 Å². The van der Waals surface area contributed by atoms with Gasteiger partial charge < -0.3 is 0 Å². The number of sulfonamides is 1. The molecule has 31 heavy (non-hydrogen) atoms. The molecule has 172 valence electrons. The number of anilines is 2. The van der Waals surface area contributed by atoms with Crippen molar-refractivity contribution in [2.24, 2.45) is 0 Å². The average molecular weight is 489 g/mol. The summed E-state index contributed by atoms with van der Waals surface area (Å²) in [4.78, 5) is -1.63. The van der Waals surface area contributed by atoms with E-state index in [-0.39, 0.29) is 0 Å². The second-order valence-corrected chi connectivity index (χ2v) is 11.1. The van der Waals surface area contributed by atoms with Gasteiger partial charge in [-0.25, -0.2) is 12.7 Å². The first-order chi connectivity index (χ1) is 13.8. The number of para-hydroxylation sites is 1. The lowest BCUT2D eigenvalue weighted by molar-refractivity contribution is -0.0438. The number of benzene rings is 2. The van der Waals surface area contributed by atoms with E-state index in [0.29, 0.717) is 17.7 Å². The van der Waals surface area contributed by atoms with Gasteiger partial charge >= 0.3 is 21.0 Å². The minimum Gasteiger partial charge on any atom is -0.230 e. The molecule has 0 saturated heterocycles. The van der Waals surface area contributed by atoms with E-state index in [4.69, 9.17) is 0 Å². The van der Waals surface area contributed by atoms with Gasteiger partial charge in [0.1, 0.15) is 4.90 Å². The van der Waals surface area contributed by atoms with Crippen molar-refractivity contribution >= 4 is 31.2 Å². The Kier molecular flexibility index (Phi) is 6.20. The van der Waals surface area contributed by atoms with Crippen LogP contribution in [0.1, 0.15) is 26.3 Å². The van der Waals surface area contributed by atoms with Crippen LogP contribution in [-0.4, -0.2) is 27.9 Å². The Labute approximate surface area is 175 Å². The second kappa shape index (κ2) is 7.69. The van der Waals surface area contributed by atoms with Crippen molar-refractivity contribution in [2.45, 2.75) is 42.1 Å². The zero-order valence-electron chi connectivity index (χ0n) is 16.3. The fraction of sp³-hybridized carbons (Fsp3) is 0.333. The van der Waals surface area contributed by atoms with Crippen LogP contribution in [0.15, 0.2) is 53.4 Å². The first kappa shape index (κ1) is 25.0. The molecular weight excluding hydrogens is 472 g/mol. The first-order valence-corrected chi connectivity index (χ1v) is 11.4. The van der Waals surface area contributed by atoms with Gasteiger partial charge in [-0.2, -0.15) is 34.8 Å². The van der Waals surface area contributed by atoms with Gasteiger partial charge in [0, 0.05) is 0 Å². The minimum absolute atomic E-state index is 0.389. The van der Waals surface area contributed by atoms with Gasteiger partial charge in [-0.15, -0.1) is 0 Å². The Morgan fingerprint density at radius 2 is 1.19 bits per heavy atom. The van der Waals surface area contributed by atoms with Gasteiger partial charge in [0.05, 0.1) is 11.4 Å². The molecule has 5 nitrogen and oxygen atoms in total. The van der Waals surface area contributed by atoms with Gasteiger partial charge in [-0.05, 0) is 35.2 Å². The lowest BCUT2D eigenvalue weighted by atomic mass is 9.87. The van der Waals surface area contributed by atoms with E-state index in [0.717, 1.165) is 24.3 Å². The molecule has 0 aromatic heterocycles. The molecule has 0 aliphatic carbocycles. The van der Waals surface area contributed by atoms with Crippen LogP contribution in [0.4, 0.5) is 37.7 Å². The molecule has 0 heterocycles. The monoisotopic (exact) mass is 489 g/mol. The maximum atomic E-state index is 13.4. The van der Waals surface area contributed by atoms with Gasteiger partial charge in [0.15, 0.2) is 0 Å². The normalized spacial score (nSPS) is 13.8. The van der Waals surface area contributed by atoms with Crippen LogP contribution in [0, 0.1) is 0 Å². The van der Waals surface area contributed by atoms with Crippen LogP contribution in [0.2, 0.25) is 0 Å². The lowest BCUT2D eigenvalue weighted by Gasteiger charge is -2.28. The third-order valence-electron chi connectivity index (χ3n) is 4.18. The maximum absolute atomic E-state index is 13.4. The van der Waals surface area contributed by atoms with E-state index in [1.54, 1.807) is 20.8 Å². The molecule has 0 aliphatic rings. The second-order valence-electron chi connectivity index (χ2n) is 7.43. The van der Waals surface area contributed by atoms with Crippen LogP contribution >= 0.6 is 0 Å². The SMILES string of the molecule is CC(C)(C)c1ccc(N(c2ccccc2S(=O)(=O)C(F)(F)F)S(=O)(=O)C(F)(F)F)cc1. The molecule has 0 unspecified atom stereocenters. The maximum Gasteiger partial charge on any atom is 0.517 e. The highest BCUT2D eigenvalue weighted by Crippen LogP contribution is 2.43. The molecule has 0 saturated carbocycles. The highest BCUT2D eigenvalue weighted by Gasteiger charge is 2.54. The quantitative estimate of drug-likeness (QED) is 0.549. The van der Waals surface area contributed by atoms with E-state index in [1.807, 2.05) is 0 Å². The van der Waals surface area contributed by atoms with Gasteiger partial charge in [-0.1, -0.05) is 45.0 Å². The van der Waals surface area contributed by atoms with Gasteiger partial charge in [-0.3, -0.25) is 0 Å². The Bertz CT molecular complexity index is 1160. The van der Waals surface area contributed by atoms with Crippen LogP contribution in [0.25, 0.3) is 0 Å². The molecule has 2 aromatic rings. The Balaban J connectivity index is 2.88. The summed E-state index contributed by atoms with van der Waals surface area (Å²) in [5.41, 5.74) is -13.7. The molecule has 0 bridgehead atoms. The van der Waals surface area contributed by atoms with Crippen molar-refractivity contribution < 1.29 is 43.2 Å². The molecule has 2 rings (SSSR count). The fourth-order valence-corrected chi connectivity index (χ4v) is 4.61. The Hall–Kier alpha value is -2.28. The smallest absolute Gasteiger partial charge is 0.230 e. The van der Waals surface area contributed by atoms with Crippen LogP contribution in [0.5, 0.6) is 0 Å². The Morgan fingerprint density at radius 3 is 1.61 bits per heavy atom. The molecule has 13 heteroatoms. The number of nitrogens with zero attached hydrogens (tertiary/aromatic N) is 1. The largest absolute Gasteiger partial charge is 0.517 e. The standard InChI is InChI=1S/C18H17F6NO4S2/c1-16(2,3)12-8-10-13(11-9-12)25(31(28,29)18(22,23)24)14-6-4-5-7-15(14)30(26,27)17(19,20)21/h4-11H,1-3H3. The number of hydrogen-bond acceptors (Lipinski definition) is 4. The van der Waals surface area contributed by atoms with Crippen molar-refractivity contribution in [2.75, 3.05) is 4.31 Å². The summed E-state index contributed by atoms with van der Waals surface area (Å²) >= 11 is 0. The van der Waals surface area contributed by atoms with E-state index >= 15 is 0 Å². The van der Waals surface area contributed by atoms with Crippen molar-refractivity contribution in [3.63, 3.8) is 0 Å².